The number of halogens is 4. The maximum atomic E-state index is 12.4. The molecule has 0 aliphatic carbocycles. The van der Waals surface area contributed by atoms with Gasteiger partial charge in [0, 0.05) is 6.20 Å². The molecule has 2 amide bonds. The summed E-state index contributed by atoms with van der Waals surface area (Å²) in [5.41, 5.74) is 1.11. The van der Waals surface area contributed by atoms with Gasteiger partial charge in [-0.05, 0) is 18.2 Å². The van der Waals surface area contributed by atoms with Crippen molar-refractivity contribution in [2.24, 2.45) is 0 Å². The summed E-state index contributed by atoms with van der Waals surface area (Å²) >= 11 is 25.9. The first-order chi connectivity index (χ1) is 12.3. The lowest BCUT2D eigenvalue weighted by Gasteiger charge is -2.11. The number of carbonyl (C=O) groups excluding carboxylic acids is 2. The Morgan fingerprint density at radius 3 is 1.81 bits per heavy atom. The smallest absolute Gasteiger partial charge is 0.258 e. The third kappa shape index (κ3) is 4.31. The van der Waals surface area contributed by atoms with Crippen molar-refractivity contribution in [3.05, 3.63) is 59.1 Å². The number of thiophene rings is 2. The lowest BCUT2D eigenvalue weighted by atomic mass is 10.2. The van der Waals surface area contributed by atoms with Crippen LogP contribution in [0.15, 0.2) is 30.6 Å². The maximum absolute atomic E-state index is 12.4. The number of anilines is 2. The molecule has 3 rings (SSSR count). The molecule has 0 aliphatic rings. The molecule has 0 fully saturated rings. The van der Waals surface area contributed by atoms with Gasteiger partial charge in [0.1, 0.15) is 8.67 Å². The van der Waals surface area contributed by atoms with Crippen molar-refractivity contribution < 1.29 is 9.59 Å². The van der Waals surface area contributed by atoms with Crippen LogP contribution in [0.2, 0.25) is 17.3 Å². The molecule has 2 N–H and O–H groups in total. The van der Waals surface area contributed by atoms with Gasteiger partial charge in [0.05, 0.1) is 37.4 Å². The van der Waals surface area contributed by atoms with Crippen LogP contribution in [0.4, 0.5) is 11.4 Å². The van der Waals surface area contributed by atoms with E-state index >= 15 is 0 Å². The molecule has 0 saturated carbocycles. The minimum Gasteiger partial charge on any atom is -0.320 e. The van der Waals surface area contributed by atoms with Gasteiger partial charge in [-0.15, -0.1) is 22.7 Å². The Morgan fingerprint density at radius 1 is 0.846 bits per heavy atom. The summed E-state index contributed by atoms with van der Waals surface area (Å²) < 4.78 is 1.32. The maximum Gasteiger partial charge on any atom is 0.258 e. The van der Waals surface area contributed by atoms with E-state index in [0.29, 0.717) is 20.0 Å². The van der Waals surface area contributed by atoms with Crippen LogP contribution in [0, 0.1) is 0 Å². The van der Waals surface area contributed by atoms with Gasteiger partial charge in [-0.1, -0.05) is 46.4 Å². The van der Waals surface area contributed by atoms with Crippen molar-refractivity contribution >= 4 is 92.3 Å². The quantitative estimate of drug-likeness (QED) is 0.472. The molecule has 3 aromatic heterocycles. The number of amides is 2. The van der Waals surface area contributed by atoms with Crippen LogP contribution < -0.4 is 10.6 Å². The van der Waals surface area contributed by atoms with Gasteiger partial charge in [0.2, 0.25) is 0 Å². The highest BCUT2D eigenvalue weighted by atomic mass is 35.5. The molecule has 3 heterocycles. The number of nitrogens with one attached hydrogen (secondary N) is 2. The number of hydrogen-bond donors (Lipinski definition) is 2. The Morgan fingerprint density at radius 2 is 1.35 bits per heavy atom. The number of aromatic nitrogens is 1. The van der Waals surface area contributed by atoms with Crippen molar-refractivity contribution in [1.82, 2.24) is 4.98 Å². The van der Waals surface area contributed by atoms with Gasteiger partial charge < -0.3 is 10.6 Å². The molecule has 0 spiro atoms. The first-order valence-corrected chi connectivity index (χ1v) is 9.96. The minimum atomic E-state index is -0.474. The lowest BCUT2D eigenvalue weighted by molar-refractivity contribution is 0.101. The van der Waals surface area contributed by atoms with E-state index in [1.807, 2.05) is 0 Å². The Hall–Kier alpha value is -1.35. The van der Waals surface area contributed by atoms with Crippen LogP contribution in [-0.4, -0.2) is 16.8 Å². The molecule has 0 aliphatic heterocycles. The highest BCUT2D eigenvalue weighted by Crippen LogP contribution is 2.33. The predicted molar refractivity (Wildman–Crippen MR) is 109 cm³/mol. The number of carbonyl (C=O) groups is 2. The van der Waals surface area contributed by atoms with Crippen molar-refractivity contribution in [1.29, 1.82) is 0 Å². The monoisotopic (exact) mass is 465 g/mol. The van der Waals surface area contributed by atoms with Crippen LogP contribution in [0.25, 0.3) is 0 Å². The molecule has 3 aromatic rings. The molecule has 26 heavy (non-hydrogen) atoms. The van der Waals surface area contributed by atoms with E-state index < -0.39 is 11.8 Å². The molecule has 0 bridgehead atoms. The Balaban J connectivity index is 1.82. The van der Waals surface area contributed by atoms with E-state index in [2.05, 4.69) is 15.6 Å². The molecule has 0 unspecified atom stereocenters. The summed E-state index contributed by atoms with van der Waals surface area (Å²) in [4.78, 5) is 28.7. The van der Waals surface area contributed by atoms with Crippen molar-refractivity contribution in [3.63, 3.8) is 0 Å². The number of rotatable bonds is 4. The average molecular weight is 467 g/mol. The molecule has 134 valence electrons. The zero-order valence-electron chi connectivity index (χ0n) is 12.5. The van der Waals surface area contributed by atoms with Gasteiger partial charge in [0.15, 0.2) is 0 Å². The summed E-state index contributed by atoms with van der Waals surface area (Å²) in [6, 6.07) is 4.47. The first kappa shape index (κ1) is 19.4. The average Bonchev–Trinajstić information content (AvgIpc) is 3.10. The van der Waals surface area contributed by atoms with E-state index in [4.69, 9.17) is 46.4 Å². The third-order valence-electron chi connectivity index (χ3n) is 3.12. The molecule has 0 aromatic carbocycles. The summed E-state index contributed by atoms with van der Waals surface area (Å²) in [5.74, 6) is -0.935. The number of hydrogen-bond acceptors (Lipinski definition) is 5. The van der Waals surface area contributed by atoms with Crippen LogP contribution >= 0.6 is 69.1 Å². The molecular weight excluding hydrogens is 460 g/mol. The zero-order valence-corrected chi connectivity index (χ0v) is 17.1. The van der Waals surface area contributed by atoms with Crippen molar-refractivity contribution in [2.45, 2.75) is 0 Å². The van der Waals surface area contributed by atoms with Crippen molar-refractivity contribution in [2.75, 3.05) is 10.6 Å². The molecule has 11 heteroatoms. The van der Waals surface area contributed by atoms with Gasteiger partial charge in [-0.3, -0.25) is 14.6 Å². The first-order valence-electron chi connectivity index (χ1n) is 6.81. The van der Waals surface area contributed by atoms with Gasteiger partial charge >= 0.3 is 0 Å². The predicted octanol–water partition coefficient (Wildman–Crippen LogP) is 6.32. The summed E-state index contributed by atoms with van der Waals surface area (Å²) in [6.45, 7) is 0. The van der Waals surface area contributed by atoms with Crippen LogP contribution in [0.3, 0.4) is 0 Å². The summed E-state index contributed by atoms with van der Waals surface area (Å²) in [5, 5.41) is 5.32. The molecule has 0 saturated heterocycles. The lowest BCUT2D eigenvalue weighted by Crippen LogP contribution is -2.16. The second-order valence-electron chi connectivity index (χ2n) is 4.81. The number of pyridine rings is 1. The molecule has 5 nitrogen and oxygen atoms in total. The Bertz CT molecular complexity index is 923. The van der Waals surface area contributed by atoms with Gasteiger partial charge in [-0.25, -0.2) is 0 Å². The second-order valence-corrected chi connectivity index (χ2v) is 9.38. The Kier molecular flexibility index (Phi) is 6.06. The molecule has 0 radical (unpaired) electrons. The normalized spacial score (nSPS) is 10.6. The van der Waals surface area contributed by atoms with E-state index in [-0.39, 0.29) is 19.8 Å². The van der Waals surface area contributed by atoms with Crippen LogP contribution in [0.1, 0.15) is 20.7 Å². The fourth-order valence-corrected chi connectivity index (χ4v) is 4.89. The standard InChI is InChI=1S/C15H7Cl4N3O2S2/c16-10-3-6(12(18)25-10)14(23)21-8-1-2-20-5-9(8)22-15(24)7-4-11(17)26-13(7)19/h1-5H,(H,22,24)(H,20,21,23). The number of nitrogens with zero attached hydrogens (tertiary/aromatic N) is 1. The Labute approximate surface area is 175 Å². The summed E-state index contributed by atoms with van der Waals surface area (Å²) in [7, 11) is 0. The van der Waals surface area contributed by atoms with E-state index in [9.17, 15) is 9.59 Å². The van der Waals surface area contributed by atoms with Crippen LogP contribution in [0.5, 0.6) is 0 Å². The SMILES string of the molecule is O=C(Nc1ccncc1NC(=O)c1cc(Cl)sc1Cl)c1cc(Cl)sc1Cl. The molecular formula is C15H7Cl4N3O2S2. The highest BCUT2D eigenvalue weighted by molar-refractivity contribution is 7.20. The van der Waals surface area contributed by atoms with E-state index in [1.54, 1.807) is 0 Å². The third-order valence-corrected chi connectivity index (χ3v) is 6.10. The van der Waals surface area contributed by atoms with Crippen molar-refractivity contribution in [3.8, 4) is 0 Å². The van der Waals surface area contributed by atoms with Gasteiger partial charge in [0.25, 0.3) is 11.8 Å². The topological polar surface area (TPSA) is 71.1 Å². The van der Waals surface area contributed by atoms with Gasteiger partial charge in [-0.2, -0.15) is 0 Å². The fourth-order valence-electron chi connectivity index (χ4n) is 1.97. The highest BCUT2D eigenvalue weighted by Gasteiger charge is 2.18. The second kappa shape index (κ2) is 8.12. The van der Waals surface area contributed by atoms with E-state index in [0.717, 1.165) is 22.7 Å². The van der Waals surface area contributed by atoms with Crippen LogP contribution in [-0.2, 0) is 0 Å². The minimum absolute atomic E-state index is 0.232. The fraction of sp³-hybridized carbons (Fsp3) is 0. The van der Waals surface area contributed by atoms with E-state index in [1.165, 1.54) is 30.6 Å². The zero-order chi connectivity index (χ0) is 18.8. The summed E-state index contributed by atoms with van der Waals surface area (Å²) in [6.07, 6.45) is 2.87. The largest absolute Gasteiger partial charge is 0.320 e. The molecule has 0 atom stereocenters.